The molecule has 0 bridgehead atoms. The van der Waals surface area contributed by atoms with Crippen molar-refractivity contribution in [3.05, 3.63) is 53.6 Å². The minimum Gasteiger partial charge on any atom is -0.486 e. The molecule has 0 aliphatic carbocycles. The monoisotopic (exact) mass is 312 g/mol. The van der Waals surface area contributed by atoms with Gasteiger partial charge in [-0.1, -0.05) is 0 Å². The average Bonchev–Trinajstić information content (AvgIpc) is 2.59. The molecule has 3 rings (SSSR count). The molecule has 0 unspecified atom stereocenters. The van der Waals surface area contributed by atoms with Crippen molar-refractivity contribution in [2.45, 2.75) is 6.92 Å². The molecule has 2 aromatic rings. The fourth-order valence-corrected chi connectivity index (χ4v) is 2.17. The number of nitrogens with one attached hydrogen (secondary N) is 1. The van der Waals surface area contributed by atoms with Crippen LogP contribution in [-0.4, -0.2) is 30.0 Å². The van der Waals surface area contributed by atoms with Crippen LogP contribution in [-0.2, 0) is 0 Å². The Kier molecular flexibility index (Phi) is 4.14. The van der Waals surface area contributed by atoms with Gasteiger partial charge in [-0.05, 0) is 49.4 Å². The molecule has 0 saturated heterocycles. The minimum atomic E-state index is -0.951. The third-order valence-corrected chi connectivity index (χ3v) is 3.44. The predicted octanol–water partition coefficient (Wildman–Crippen LogP) is 2.99. The van der Waals surface area contributed by atoms with Gasteiger partial charge in [-0.2, -0.15) is 5.10 Å². The summed E-state index contributed by atoms with van der Waals surface area (Å²) in [6, 6.07) is 12.1. The van der Waals surface area contributed by atoms with Crippen LogP contribution in [0.25, 0.3) is 0 Å². The van der Waals surface area contributed by atoms with Crippen LogP contribution in [0.3, 0.4) is 0 Å². The zero-order valence-corrected chi connectivity index (χ0v) is 12.6. The summed E-state index contributed by atoms with van der Waals surface area (Å²) in [5, 5.41) is 13.2. The molecule has 23 heavy (non-hydrogen) atoms. The second-order valence-corrected chi connectivity index (χ2v) is 5.05. The summed E-state index contributed by atoms with van der Waals surface area (Å²) in [5.41, 5.74) is 5.57. The maximum absolute atomic E-state index is 10.8. The molecule has 0 fully saturated rings. The van der Waals surface area contributed by atoms with E-state index in [1.165, 1.54) is 12.1 Å². The van der Waals surface area contributed by atoms with E-state index in [1.54, 1.807) is 12.1 Å². The Balaban J connectivity index is 1.73. The Morgan fingerprint density at radius 2 is 1.70 bits per heavy atom. The first-order valence-electron chi connectivity index (χ1n) is 7.17. The number of ether oxygens (including phenoxy) is 2. The number of aromatic carboxylic acids is 1. The highest BCUT2D eigenvalue weighted by atomic mass is 16.6. The molecule has 0 radical (unpaired) electrons. The van der Waals surface area contributed by atoms with Crippen molar-refractivity contribution in [1.29, 1.82) is 0 Å². The molecule has 1 heterocycles. The quantitative estimate of drug-likeness (QED) is 0.670. The standard InChI is InChI=1S/C17H16N2O4/c1-11(13-4-7-15-16(10-13)23-9-8-22-15)18-19-14-5-2-12(3-6-14)17(20)21/h2-7,10,19H,8-9H2,1H3,(H,20,21). The number of fused-ring (bicyclic) bond motifs is 1. The lowest BCUT2D eigenvalue weighted by atomic mass is 10.1. The molecule has 0 atom stereocenters. The van der Waals surface area contributed by atoms with Crippen molar-refractivity contribution >= 4 is 17.4 Å². The number of hydrogen-bond acceptors (Lipinski definition) is 5. The van der Waals surface area contributed by atoms with Crippen molar-refractivity contribution < 1.29 is 19.4 Å². The number of carboxylic acids is 1. The molecule has 118 valence electrons. The lowest BCUT2D eigenvalue weighted by Gasteiger charge is -2.18. The first-order chi connectivity index (χ1) is 11.1. The van der Waals surface area contributed by atoms with Crippen LogP contribution in [0, 0.1) is 0 Å². The molecule has 6 nitrogen and oxygen atoms in total. The highest BCUT2D eigenvalue weighted by molar-refractivity contribution is 5.99. The van der Waals surface area contributed by atoms with Crippen molar-refractivity contribution in [3.63, 3.8) is 0 Å². The van der Waals surface area contributed by atoms with Gasteiger partial charge >= 0.3 is 5.97 Å². The van der Waals surface area contributed by atoms with Gasteiger partial charge in [0.1, 0.15) is 13.2 Å². The molecular weight excluding hydrogens is 296 g/mol. The normalized spacial score (nSPS) is 13.5. The van der Waals surface area contributed by atoms with Crippen LogP contribution < -0.4 is 14.9 Å². The van der Waals surface area contributed by atoms with Crippen LogP contribution in [0.4, 0.5) is 5.69 Å². The van der Waals surface area contributed by atoms with Gasteiger partial charge in [-0.3, -0.25) is 5.43 Å². The number of anilines is 1. The van der Waals surface area contributed by atoms with Crippen LogP contribution in [0.5, 0.6) is 11.5 Å². The molecule has 0 aromatic heterocycles. The van der Waals surface area contributed by atoms with E-state index in [1.807, 2.05) is 25.1 Å². The first-order valence-corrected chi connectivity index (χ1v) is 7.17. The number of hydrogen-bond donors (Lipinski definition) is 2. The number of nitrogens with zero attached hydrogens (tertiary/aromatic N) is 1. The van der Waals surface area contributed by atoms with E-state index in [9.17, 15) is 4.79 Å². The smallest absolute Gasteiger partial charge is 0.335 e. The van der Waals surface area contributed by atoms with Crippen molar-refractivity contribution in [3.8, 4) is 11.5 Å². The van der Waals surface area contributed by atoms with Crippen LogP contribution in [0.1, 0.15) is 22.8 Å². The summed E-state index contributed by atoms with van der Waals surface area (Å²) in [6.45, 7) is 2.98. The maximum Gasteiger partial charge on any atom is 0.335 e. The van der Waals surface area contributed by atoms with Gasteiger partial charge in [0.25, 0.3) is 0 Å². The van der Waals surface area contributed by atoms with E-state index < -0.39 is 5.97 Å². The number of carboxylic acid groups (broad SMARTS) is 1. The SMILES string of the molecule is CC(=NNc1ccc(C(=O)O)cc1)c1ccc2c(c1)OCCO2. The summed E-state index contributed by atoms with van der Waals surface area (Å²) in [4.78, 5) is 10.8. The molecule has 1 aliphatic rings. The van der Waals surface area contributed by atoms with Crippen molar-refractivity contribution in [1.82, 2.24) is 0 Å². The number of benzene rings is 2. The van der Waals surface area contributed by atoms with Crippen molar-refractivity contribution in [2.24, 2.45) is 5.10 Å². The Morgan fingerprint density at radius 1 is 1.04 bits per heavy atom. The Labute approximate surface area is 133 Å². The number of rotatable bonds is 4. The first kappa shape index (κ1) is 14.9. The predicted molar refractivity (Wildman–Crippen MR) is 86.7 cm³/mol. The summed E-state index contributed by atoms with van der Waals surface area (Å²) >= 11 is 0. The van der Waals surface area contributed by atoms with Gasteiger partial charge in [-0.25, -0.2) is 4.79 Å². The topological polar surface area (TPSA) is 80.2 Å². The van der Waals surface area contributed by atoms with Crippen LogP contribution in [0.2, 0.25) is 0 Å². The Hall–Kier alpha value is -3.02. The van der Waals surface area contributed by atoms with E-state index in [-0.39, 0.29) is 5.56 Å². The van der Waals surface area contributed by atoms with Crippen LogP contribution in [0.15, 0.2) is 47.6 Å². The molecule has 2 aromatic carbocycles. The fourth-order valence-electron chi connectivity index (χ4n) is 2.17. The maximum atomic E-state index is 10.8. The highest BCUT2D eigenvalue weighted by Crippen LogP contribution is 2.30. The zero-order chi connectivity index (χ0) is 16.2. The van der Waals surface area contributed by atoms with Gasteiger partial charge in [-0.15, -0.1) is 0 Å². The summed E-state index contributed by atoms with van der Waals surface area (Å²) in [7, 11) is 0. The van der Waals surface area contributed by atoms with Crippen LogP contribution >= 0.6 is 0 Å². The molecular formula is C17H16N2O4. The van der Waals surface area contributed by atoms with Gasteiger partial charge in [0.05, 0.1) is 17.0 Å². The molecule has 0 amide bonds. The molecule has 1 aliphatic heterocycles. The largest absolute Gasteiger partial charge is 0.486 e. The second-order valence-electron chi connectivity index (χ2n) is 5.05. The van der Waals surface area contributed by atoms with E-state index in [2.05, 4.69) is 10.5 Å². The Bertz CT molecular complexity index is 754. The third-order valence-electron chi connectivity index (χ3n) is 3.44. The number of carbonyl (C=O) groups is 1. The van der Waals surface area contributed by atoms with E-state index >= 15 is 0 Å². The zero-order valence-electron chi connectivity index (χ0n) is 12.6. The van der Waals surface area contributed by atoms with Crippen molar-refractivity contribution in [2.75, 3.05) is 18.6 Å². The third kappa shape index (κ3) is 3.42. The lowest BCUT2D eigenvalue weighted by Crippen LogP contribution is -2.15. The number of hydrazone groups is 1. The Morgan fingerprint density at radius 3 is 2.39 bits per heavy atom. The van der Waals surface area contributed by atoms with Gasteiger partial charge in [0, 0.05) is 5.56 Å². The summed E-state index contributed by atoms with van der Waals surface area (Å²) < 4.78 is 11.0. The van der Waals surface area contributed by atoms with E-state index in [0.29, 0.717) is 24.7 Å². The summed E-state index contributed by atoms with van der Waals surface area (Å²) in [6.07, 6.45) is 0. The molecule has 0 saturated carbocycles. The minimum absolute atomic E-state index is 0.239. The van der Waals surface area contributed by atoms with Gasteiger partial charge in [0.2, 0.25) is 0 Å². The fraction of sp³-hybridized carbons (Fsp3) is 0.176. The molecule has 2 N–H and O–H groups in total. The average molecular weight is 312 g/mol. The highest BCUT2D eigenvalue weighted by Gasteiger charge is 2.12. The van der Waals surface area contributed by atoms with E-state index in [4.69, 9.17) is 14.6 Å². The van der Waals surface area contributed by atoms with Gasteiger partial charge in [0.15, 0.2) is 11.5 Å². The summed E-state index contributed by atoms with van der Waals surface area (Å²) in [5.74, 6) is 0.506. The molecule has 0 spiro atoms. The second kappa shape index (κ2) is 6.39. The molecule has 6 heteroatoms. The van der Waals surface area contributed by atoms with E-state index in [0.717, 1.165) is 17.0 Å². The lowest BCUT2D eigenvalue weighted by molar-refractivity contribution is 0.0697. The van der Waals surface area contributed by atoms with Gasteiger partial charge < -0.3 is 14.6 Å².